The molecule has 1 aromatic rings. The summed E-state index contributed by atoms with van der Waals surface area (Å²) in [5.74, 6) is 0.236. The van der Waals surface area contributed by atoms with Crippen LogP contribution in [0.4, 0.5) is 4.39 Å². The van der Waals surface area contributed by atoms with Crippen molar-refractivity contribution in [1.82, 2.24) is 4.98 Å². The molecule has 2 aliphatic carbocycles. The topological polar surface area (TPSA) is 32.9 Å². The molecule has 24 heavy (non-hydrogen) atoms. The van der Waals surface area contributed by atoms with Crippen molar-refractivity contribution in [3.05, 3.63) is 82.4 Å². The number of rotatable bonds is 4. The van der Waals surface area contributed by atoms with E-state index in [2.05, 4.69) is 11.6 Å². The lowest BCUT2D eigenvalue weighted by molar-refractivity contribution is 0.628. The van der Waals surface area contributed by atoms with Gasteiger partial charge in [0.1, 0.15) is 5.82 Å². The monoisotopic (exact) mass is 319 g/mol. The first-order chi connectivity index (χ1) is 11.7. The summed E-state index contributed by atoms with van der Waals surface area (Å²) in [6, 6.07) is 11.7. The summed E-state index contributed by atoms with van der Waals surface area (Å²) in [6.07, 6.45) is 4.86. The largest absolute Gasteiger partial charge is 0.358 e. The summed E-state index contributed by atoms with van der Waals surface area (Å²) < 4.78 is 13.4. The number of fused-ring (bicyclic) bond motifs is 1. The molecule has 0 aromatic heterocycles. The van der Waals surface area contributed by atoms with Crippen LogP contribution in [0.2, 0.25) is 0 Å². The highest BCUT2D eigenvalue weighted by Gasteiger charge is 2.30. The normalized spacial score (nSPS) is 14.0. The third-order valence-electron chi connectivity index (χ3n) is 4.64. The highest BCUT2D eigenvalue weighted by molar-refractivity contribution is 5.86. The van der Waals surface area contributed by atoms with E-state index in [1.54, 1.807) is 24.3 Å². The lowest BCUT2D eigenvalue weighted by Crippen LogP contribution is -2.12. The van der Waals surface area contributed by atoms with Gasteiger partial charge in [0.2, 0.25) is 0 Å². The molecule has 0 atom stereocenters. The highest BCUT2D eigenvalue weighted by atomic mass is 19.1. The molecule has 1 aliphatic heterocycles. The molecule has 3 aliphatic rings. The summed E-state index contributed by atoms with van der Waals surface area (Å²) in [6.45, 7) is 3.88. The van der Waals surface area contributed by atoms with Crippen LogP contribution in [0.1, 0.15) is 30.0 Å². The Morgan fingerprint density at radius 1 is 1.12 bits per heavy atom. The minimum atomic E-state index is -0.277. The van der Waals surface area contributed by atoms with Crippen molar-refractivity contribution in [1.29, 1.82) is 0 Å². The van der Waals surface area contributed by atoms with Gasteiger partial charge >= 0.3 is 0 Å². The number of benzene rings is 2. The molecule has 1 saturated carbocycles. The summed E-state index contributed by atoms with van der Waals surface area (Å²) in [7, 11) is 0. The van der Waals surface area contributed by atoms with Gasteiger partial charge in [0.05, 0.1) is 11.3 Å². The second-order valence-corrected chi connectivity index (χ2v) is 6.34. The Hall–Kier alpha value is -2.68. The summed E-state index contributed by atoms with van der Waals surface area (Å²) >= 11 is 0. The van der Waals surface area contributed by atoms with E-state index < -0.39 is 0 Å². The zero-order chi connectivity index (χ0) is 16.7. The van der Waals surface area contributed by atoms with Crippen LogP contribution in [0.5, 0.6) is 0 Å². The average molecular weight is 319 g/mol. The maximum absolute atomic E-state index is 13.4. The third kappa shape index (κ3) is 2.46. The molecule has 2 nitrogen and oxygen atoms in total. The van der Waals surface area contributed by atoms with Crippen molar-refractivity contribution in [2.75, 3.05) is 0 Å². The van der Waals surface area contributed by atoms with Crippen molar-refractivity contribution in [2.45, 2.75) is 25.2 Å². The van der Waals surface area contributed by atoms with E-state index >= 15 is 0 Å². The van der Waals surface area contributed by atoms with Gasteiger partial charge in [-0.15, -0.1) is 6.58 Å². The third-order valence-corrected chi connectivity index (χ3v) is 4.64. The number of halogens is 1. The Kier molecular flexibility index (Phi) is 3.57. The Morgan fingerprint density at radius 3 is 2.54 bits per heavy atom. The van der Waals surface area contributed by atoms with E-state index in [-0.39, 0.29) is 11.2 Å². The number of pyridine rings is 1. The summed E-state index contributed by atoms with van der Waals surface area (Å²) in [5, 5.41) is 0. The molecule has 0 spiro atoms. The Balaban J connectivity index is 2.11. The van der Waals surface area contributed by atoms with Gasteiger partial charge < -0.3 is 4.98 Å². The number of aromatic nitrogens is 1. The fourth-order valence-electron chi connectivity index (χ4n) is 3.41. The molecule has 0 saturated heterocycles. The molecule has 1 heterocycles. The van der Waals surface area contributed by atoms with Crippen molar-refractivity contribution >= 4 is 0 Å². The first-order valence-electron chi connectivity index (χ1n) is 8.23. The maximum atomic E-state index is 13.4. The molecule has 1 aromatic carbocycles. The number of hydrogen-bond acceptors (Lipinski definition) is 1. The minimum Gasteiger partial charge on any atom is -0.358 e. The SMILES string of the molecule is C=CCc1c(C2CC2)[nH]c2cccc(=O)c-2c1-c1ccc(F)cc1. The number of nitrogens with one attached hydrogen (secondary N) is 1. The molecule has 4 rings (SSSR count). The Bertz CT molecular complexity index is 935. The van der Waals surface area contributed by atoms with Crippen molar-refractivity contribution in [3.63, 3.8) is 0 Å². The van der Waals surface area contributed by atoms with E-state index in [1.165, 1.54) is 17.8 Å². The smallest absolute Gasteiger partial charge is 0.188 e. The number of hydrogen-bond donors (Lipinski definition) is 1. The lowest BCUT2D eigenvalue weighted by Gasteiger charge is -2.20. The van der Waals surface area contributed by atoms with E-state index in [9.17, 15) is 9.18 Å². The first kappa shape index (κ1) is 14.9. The number of allylic oxidation sites excluding steroid dienone is 1. The quantitative estimate of drug-likeness (QED) is 0.682. The Morgan fingerprint density at radius 2 is 1.88 bits per heavy atom. The second kappa shape index (κ2) is 5.75. The lowest BCUT2D eigenvalue weighted by atomic mass is 9.88. The van der Waals surface area contributed by atoms with E-state index in [0.29, 0.717) is 17.9 Å². The zero-order valence-electron chi connectivity index (χ0n) is 13.3. The van der Waals surface area contributed by atoms with Gasteiger partial charge in [0, 0.05) is 11.3 Å². The van der Waals surface area contributed by atoms with Crippen LogP contribution in [0, 0.1) is 5.82 Å². The molecule has 0 radical (unpaired) electrons. The van der Waals surface area contributed by atoms with Gasteiger partial charge in [0.25, 0.3) is 0 Å². The number of aromatic amines is 1. The van der Waals surface area contributed by atoms with Gasteiger partial charge in [-0.05, 0) is 60.6 Å². The van der Waals surface area contributed by atoms with E-state index in [0.717, 1.165) is 35.2 Å². The molecule has 120 valence electrons. The Labute approximate surface area is 140 Å². The fourth-order valence-corrected chi connectivity index (χ4v) is 3.41. The highest BCUT2D eigenvalue weighted by Crippen LogP contribution is 2.45. The van der Waals surface area contributed by atoms with Gasteiger partial charge in [-0.25, -0.2) is 4.39 Å². The van der Waals surface area contributed by atoms with Gasteiger partial charge in [-0.2, -0.15) is 0 Å². The van der Waals surface area contributed by atoms with Crippen LogP contribution in [0.3, 0.4) is 0 Å². The maximum Gasteiger partial charge on any atom is 0.188 e. The summed E-state index contributed by atoms with van der Waals surface area (Å²) in [4.78, 5) is 16.1. The minimum absolute atomic E-state index is 0.0178. The van der Waals surface area contributed by atoms with Gasteiger partial charge in [0.15, 0.2) is 5.43 Å². The zero-order valence-corrected chi connectivity index (χ0v) is 13.3. The summed E-state index contributed by atoms with van der Waals surface area (Å²) in [5.41, 5.74) is 5.58. The van der Waals surface area contributed by atoms with Crippen LogP contribution >= 0.6 is 0 Å². The van der Waals surface area contributed by atoms with Crippen LogP contribution in [0.25, 0.3) is 22.4 Å². The van der Waals surface area contributed by atoms with Crippen molar-refractivity contribution in [2.24, 2.45) is 0 Å². The molecule has 3 heteroatoms. The van der Waals surface area contributed by atoms with E-state index in [4.69, 9.17) is 0 Å². The fraction of sp³-hybridized carbons (Fsp3) is 0.190. The first-order valence-corrected chi connectivity index (χ1v) is 8.23. The molecular formula is C21H18FNO. The van der Waals surface area contributed by atoms with Crippen LogP contribution in [-0.4, -0.2) is 4.98 Å². The molecular weight excluding hydrogens is 301 g/mol. The van der Waals surface area contributed by atoms with Gasteiger partial charge in [-0.3, -0.25) is 4.79 Å². The van der Waals surface area contributed by atoms with Crippen LogP contribution in [-0.2, 0) is 6.42 Å². The standard InChI is InChI=1S/C21H18FNO/c1-2-4-16-19(13-9-11-15(22)12-10-13)20-17(5-3-6-18(20)24)23-21(16)14-7-8-14/h2-3,5-6,9-12,14,23H,1,4,7-8H2. The predicted octanol–water partition coefficient (Wildman–Crippen LogP) is 4.89. The van der Waals surface area contributed by atoms with Crippen molar-refractivity contribution < 1.29 is 4.39 Å². The number of H-pyrrole nitrogens is 1. The van der Waals surface area contributed by atoms with Gasteiger partial charge in [-0.1, -0.05) is 24.3 Å². The van der Waals surface area contributed by atoms with Crippen LogP contribution in [0.15, 0.2) is 59.9 Å². The second-order valence-electron chi connectivity index (χ2n) is 6.34. The van der Waals surface area contributed by atoms with Crippen LogP contribution < -0.4 is 5.43 Å². The molecule has 1 N–H and O–H groups in total. The molecule has 0 unspecified atom stereocenters. The van der Waals surface area contributed by atoms with Crippen molar-refractivity contribution in [3.8, 4) is 22.4 Å². The molecule has 0 bridgehead atoms. The molecule has 1 fully saturated rings. The average Bonchev–Trinajstić information content (AvgIpc) is 3.41. The van der Waals surface area contributed by atoms with E-state index in [1.807, 2.05) is 12.1 Å². The molecule has 0 amide bonds. The predicted molar refractivity (Wildman–Crippen MR) is 95.0 cm³/mol.